The second-order valence-corrected chi connectivity index (χ2v) is 3.50. The zero-order valence-corrected chi connectivity index (χ0v) is 6.82. The molecule has 0 bridgehead atoms. The Kier molecular flexibility index (Phi) is 1.60. The summed E-state index contributed by atoms with van der Waals surface area (Å²) in [5.41, 5.74) is -0.880. The number of carbonyl (C=O) groups is 1. The molecule has 3 heteroatoms. The lowest BCUT2D eigenvalue weighted by Gasteiger charge is -2.30. The van der Waals surface area contributed by atoms with Gasteiger partial charge in [-0.15, -0.1) is 0 Å². The molecule has 1 N–H and O–H groups in total. The number of allylic oxidation sites excluding steroid dienone is 1. The molecule has 3 nitrogen and oxygen atoms in total. The van der Waals surface area contributed by atoms with Gasteiger partial charge in [-0.1, -0.05) is 0 Å². The topological polar surface area (TPSA) is 46.5 Å². The van der Waals surface area contributed by atoms with E-state index in [1.807, 2.05) is 6.08 Å². The Bertz CT molecular complexity index is 230. The maximum absolute atomic E-state index is 11.0. The highest BCUT2D eigenvalue weighted by atomic mass is 16.5. The molecule has 2 rings (SSSR count). The first-order valence-corrected chi connectivity index (χ1v) is 4.32. The van der Waals surface area contributed by atoms with Crippen LogP contribution in [0.1, 0.15) is 25.7 Å². The lowest BCUT2D eigenvalue weighted by atomic mass is 9.90. The molecule has 1 aliphatic carbocycles. The second kappa shape index (κ2) is 2.51. The summed E-state index contributed by atoms with van der Waals surface area (Å²) < 4.78 is 5.27. The molecule has 1 heterocycles. The first-order chi connectivity index (χ1) is 5.76. The van der Waals surface area contributed by atoms with Crippen molar-refractivity contribution in [2.24, 2.45) is 5.92 Å². The summed E-state index contributed by atoms with van der Waals surface area (Å²) in [6, 6.07) is 0. The van der Waals surface area contributed by atoms with Crippen molar-refractivity contribution in [1.29, 1.82) is 0 Å². The highest BCUT2D eigenvalue weighted by molar-refractivity contribution is 5.78. The minimum absolute atomic E-state index is 0.250. The quantitative estimate of drug-likeness (QED) is 0.680. The van der Waals surface area contributed by atoms with E-state index in [0.29, 0.717) is 6.42 Å². The van der Waals surface area contributed by atoms with Gasteiger partial charge in [0.05, 0.1) is 6.26 Å². The third-order valence-corrected chi connectivity index (χ3v) is 2.66. The number of carboxylic acids is 1. The van der Waals surface area contributed by atoms with Crippen molar-refractivity contribution < 1.29 is 14.6 Å². The molecule has 1 atom stereocenters. The Morgan fingerprint density at radius 2 is 2.33 bits per heavy atom. The number of ether oxygens (including phenoxy) is 1. The first kappa shape index (κ1) is 7.65. The first-order valence-electron chi connectivity index (χ1n) is 4.32. The molecule has 0 aromatic heterocycles. The van der Waals surface area contributed by atoms with Gasteiger partial charge in [0.1, 0.15) is 0 Å². The Labute approximate surface area is 71.0 Å². The van der Waals surface area contributed by atoms with Crippen LogP contribution in [-0.2, 0) is 9.53 Å². The Balaban J connectivity index is 2.20. The maximum Gasteiger partial charge on any atom is 0.348 e. The minimum atomic E-state index is -0.880. The SMILES string of the molecule is O=C(O)C1(C2CC2)CCC=CO1. The zero-order valence-electron chi connectivity index (χ0n) is 6.82. The van der Waals surface area contributed by atoms with Crippen LogP contribution in [0.3, 0.4) is 0 Å². The fourth-order valence-corrected chi connectivity index (χ4v) is 1.78. The molecular formula is C9H12O3. The largest absolute Gasteiger partial charge is 0.483 e. The van der Waals surface area contributed by atoms with E-state index in [2.05, 4.69) is 0 Å². The van der Waals surface area contributed by atoms with Gasteiger partial charge in [-0.05, 0) is 25.3 Å². The van der Waals surface area contributed by atoms with E-state index in [1.165, 1.54) is 6.26 Å². The number of carboxylic acid groups (broad SMARTS) is 1. The van der Waals surface area contributed by atoms with Crippen molar-refractivity contribution in [3.8, 4) is 0 Å². The predicted molar refractivity (Wildman–Crippen MR) is 42.5 cm³/mol. The highest BCUT2D eigenvalue weighted by Gasteiger charge is 2.53. The molecule has 0 saturated heterocycles. The minimum Gasteiger partial charge on any atom is -0.483 e. The number of aliphatic carboxylic acids is 1. The van der Waals surface area contributed by atoms with Crippen molar-refractivity contribution in [2.75, 3.05) is 0 Å². The van der Waals surface area contributed by atoms with Gasteiger partial charge >= 0.3 is 5.97 Å². The standard InChI is InChI=1S/C9H12O3/c10-8(11)9(7-3-4-7)5-1-2-6-12-9/h2,6-7H,1,3-5H2,(H,10,11). The molecule has 1 unspecified atom stereocenters. The Morgan fingerprint density at radius 1 is 1.58 bits per heavy atom. The molecule has 1 saturated carbocycles. The molecule has 0 spiro atoms. The Morgan fingerprint density at radius 3 is 2.75 bits per heavy atom. The number of hydrogen-bond donors (Lipinski definition) is 1. The molecule has 0 aromatic rings. The second-order valence-electron chi connectivity index (χ2n) is 3.50. The summed E-state index contributed by atoms with van der Waals surface area (Å²) >= 11 is 0. The van der Waals surface area contributed by atoms with Gasteiger partial charge in [-0.2, -0.15) is 0 Å². The molecule has 1 aliphatic heterocycles. The maximum atomic E-state index is 11.0. The van der Waals surface area contributed by atoms with Crippen LogP contribution < -0.4 is 0 Å². The molecule has 66 valence electrons. The fourth-order valence-electron chi connectivity index (χ4n) is 1.78. The third kappa shape index (κ3) is 1.00. The van der Waals surface area contributed by atoms with E-state index >= 15 is 0 Å². The van der Waals surface area contributed by atoms with Gasteiger partial charge < -0.3 is 9.84 Å². The number of hydrogen-bond acceptors (Lipinski definition) is 2. The average molecular weight is 168 g/mol. The summed E-state index contributed by atoms with van der Waals surface area (Å²) in [6.45, 7) is 0. The van der Waals surface area contributed by atoms with Crippen LogP contribution in [0.4, 0.5) is 0 Å². The fraction of sp³-hybridized carbons (Fsp3) is 0.667. The van der Waals surface area contributed by atoms with Crippen LogP contribution in [0.5, 0.6) is 0 Å². The summed E-state index contributed by atoms with van der Waals surface area (Å²) in [7, 11) is 0. The third-order valence-electron chi connectivity index (χ3n) is 2.66. The van der Waals surface area contributed by atoms with Crippen molar-refractivity contribution in [3.05, 3.63) is 12.3 Å². The van der Waals surface area contributed by atoms with Gasteiger partial charge in [-0.25, -0.2) is 4.79 Å². The van der Waals surface area contributed by atoms with Gasteiger partial charge in [0.2, 0.25) is 5.60 Å². The van der Waals surface area contributed by atoms with Crippen LogP contribution in [0.25, 0.3) is 0 Å². The summed E-state index contributed by atoms with van der Waals surface area (Å²) in [6.07, 6.45) is 6.87. The van der Waals surface area contributed by atoms with Crippen LogP contribution in [0.15, 0.2) is 12.3 Å². The summed E-state index contributed by atoms with van der Waals surface area (Å²) in [4.78, 5) is 11.0. The van der Waals surface area contributed by atoms with Crippen LogP contribution in [-0.4, -0.2) is 16.7 Å². The monoisotopic (exact) mass is 168 g/mol. The van der Waals surface area contributed by atoms with Gasteiger partial charge in [0, 0.05) is 12.3 Å². The molecule has 12 heavy (non-hydrogen) atoms. The van der Waals surface area contributed by atoms with Crippen molar-refractivity contribution >= 4 is 5.97 Å². The Hall–Kier alpha value is -0.990. The highest BCUT2D eigenvalue weighted by Crippen LogP contribution is 2.46. The van der Waals surface area contributed by atoms with Crippen LogP contribution >= 0.6 is 0 Å². The van der Waals surface area contributed by atoms with E-state index in [0.717, 1.165) is 19.3 Å². The predicted octanol–water partition coefficient (Wildman–Crippen LogP) is 1.54. The van der Waals surface area contributed by atoms with E-state index in [1.54, 1.807) is 0 Å². The lowest BCUT2D eigenvalue weighted by molar-refractivity contribution is -0.163. The summed E-state index contributed by atoms with van der Waals surface area (Å²) in [5, 5.41) is 9.04. The van der Waals surface area contributed by atoms with E-state index in [4.69, 9.17) is 9.84 Å². The molecule has 2 aliphatic rings. The van der Waals surface area contributed by atoms with Crippen LogP contribution in [0, 0.1) is 5.92 Å². The van der Waals surface area contributed by atoms with E-state index in [9.17, 15) is 4.79 Å². The summed E-state index contributed by atoms with van der Waals surface area (Å²) in [5.74, 6) is -0.547. The zero-order chi connectivity index (χ0) is 8.60. The van der Waals surface area contributed by atoms with Gasteiger partial charge in [0.15, 0.2) is 0 Å². The molecule has 1 fully saturated rings. The normalized spacial score (nSPS) is 34.3. The van der Waals surface area contributed by atoms with E-state index < -0.39 is 11.6 Å². The van der Waals surface area contributed by atoms with Gasteiger partial charge in [-0.3, -0.25) is 0 Å². The molecule has 0 radical (unpaired) electrons. The van der Waals surface area contributed by atoms with Gasteiger partial charge in [0.25, 0.3) is 0 Å². The van der Waals surface area contributed by atoms with Crippen molar-refractivity contribution in [2.45, 2.75) is 31.3 Å². The van der Waals surface area contributed by atoms with Crippen molar-refractivity contribution in [1.82, 2.24) is 0 Å². The average Bonchev–Trinajstić information content (AvgIpc) is 2.88. The van der Waals surface area contributed by atoms with Crippen LogP contribution in [0.2, 0.25) is 0 Å². The molecule has 0 amide bonds. The smallest absolute Gasteiger partial charge is 0.348 e. The van der Waals surface area contributed by atoms with E-state index in [-0.39, 0.29) is 5.92 Å². The van der Waals surface area contributed by atoms with Crippen molar-refractivity contribution in [3.63, 3.8) is 0 Å². The number of rotatable bonds is 2. The lowest BCUT2D eigenvalue weighted by Crippen LogP contribution is -2.43. The molecule has 0 aromatic carbocycles. The molecular weight excluding hydrogens is 156 g/mol.